The van der Waals surface area contributed by atoms with Crippen LogP contribution in [0.1, 0.15) is 6.42 Å². The standard InChI is InChI=1S/C5H10O3S.Ca/c1-9-3-2-4(6)5(7)8;/h4,6H,2-3H2,1H3,(H,7,8);. The number of aliphatic carboxylic acids is 1. The van der Waals surface area contributed by atoms with Crippen LogP contribution in [0, 0.1) is 0 Å². The van der Waals surface area contributed by atoms with E-state index >= 15 is 0 Å². The van der Waals surface area contributed by atoms with Gasteiger partial charge in [0, 0.05) is 37.7 Å². The van der Waals surface area contributed by atoms with E-state index < -0.39 is 12.1 Å². The zero-order valence-corrected chi connectivity index (χ0v) is 8.93. The first kappa shape index (κ1) is 13.6. The van der Waals surface area contributed by atoms with Crippen molar-refractivity contribution in [3.05, 3.63) is 0 Å². The molecule has 5 heteroatoms. The van der Waals surface area contributed by atoms with E-state index in [9.17, 15) is 4.79 Å². The molecule has 0 aliphatic carbocycles. The van der Waals surface area contributed by atoms with Crippen molar-refractivity contribution in [3.8, 4) is 0 Å². The molecular weight excluding hydrogens is 180 g/mol. The number of thioether (sulfide) groups is 1. The molecule has 0 amide bonds. The van der Waals surface area contributed by atoms with Gasteiger partial charge in [-0.05, 0) is 18.4 Å². The summed E-state index contributed by atoms with van der Waals surface area (Å²) in [6.07, 6.45) is 1.02. The Bertz CT molecular complexity index is 98.9. The fourth-order valence-electron chi connectivity index (χ4n) is 0.353. The summed E-state index contributed by atoms with van der Waals surface area (Å²) in [6.45, 7) is 0. The van der Waals surface area contributed by atoms with Crippen LogP contribution in [0.25, 0.3) is 0 Å². The molecule has 0 aromatic rings. The Morgan fingerprint density at radius 3 is 2.50 bits per heavy atom. The third-order valence-electron chi connectivity index (χ3n) is 0.880. The molecule has 1 unspecified atom stereocenters. The van der Waals surface area contributed by atoms with E-state index in [-0.39, 0.29) is 37.7 Å². The SMILES string of the molecule is CSCCC(O)C(=O)O.[Ca]. The van der Waals surface area contributed by atoms with Crippen LogP contribution in [0.15, 0.2) is 0 Å². The zero-order chi connectivity index (χ0) is 7.28. The predicted octanol–water partition coefficient (Wildman–Crippen LogP) is -0.196. The monoisotopic (exact) mass is 190 g/mol. The van der Waals surface area contributed by atoms with Crippen molar-refractivity contribution >= 4 is 55.5 Å². The Hall–Kier alpha value is 1.04. The van der Waals surface area contributed by atoms with Gasteiger partial charge in [0.2, 0.25) is 0 Å². The van der Waals surface area contributed by atoms with Crippen LogP contribution in [0.4, 0.5) is 0 Å². The van der Waals surface area contributed by atoms with Crippen LogP contribution in [0.2, 0.25) is 0 Å². The molecule has 2 radical (unpaired) electrons. The Morgan fingerprint density at radius 1 is 1.70 bits per heavy atom. The molecule has 2 N–H and O–H groups in total. The average Bonchev–Trinajstić information content (AvgIpc) is 1.82. The minimum absolute atomic E-state index is 0. The summed E-state index contributed by atoms with van der Waals surface area (Å²) in [6, 6.07) is 0. The summed E-state index contributed by atoms with van der Waals surface area (Å²) >= 11 is 1.52. The maximum atomic E-state index is 9.95. The van der Waals surface area contributed by atoms with E-state index in [2.05, 4.69) is 0 Å². The number of aliphatic hydroxyl groups is 1. The van der Waals surface area contributed by atoms with Gasteiger partial charge in [0.05, 0.1) is 0 Å². The molecule has 0 rings (SSSR count). The first-order chi connectivity index (χ1) is 4.18. The third kappa shape index (κ3) is 7.15. The molecule has 3 nitrogen and oxygen atoms in total. The van der Waals surface area contributed by atoms with Gasteiger partial charge < -0.3 is 10.2 Å². The van der Waals surface area contributed by atoms with E-state index in [1.807, 2.05) is 6.26 Å². The number of aliphatic hydroxyl groups excluding tert-OH is 1. The Morgan fingerprint density at radius 2 is 2.20 bits per heavy atom. The summed E-state index contributed by atoms with van der Waals surface area (Å²) in [5.74, 6) is -0.447. The first-order valence-corrected chi connectivity index (χ1v) is 3.97. The molecule has 0 fully saturated rings. The molecule has 0 saturated carbocycles. The Balaban J connectivity index is 0. The number of hydrogen-bond donors (Lipinski definition) is 2. The summed E-state index contributed by atoms with van der Waals surface area (Å²) in [7, 11) is 0. The van der Waals surface area contributed by atoms with Crippen molar-refractivity contribution in [2.75, 3.05) is 12.0 Å². The van der Waals surface area contributed by atoms with Crippen molar-refractivity contribution in [2.45, 2.75) is 12.5 Å². The fourth-order valence-corrected chi connectivity index (χ4v) is 0.812. The van der Waals surface area contributed by atoms with Crippen LogP contribution < -0.4 is 0 Å². The van der Waals surface area contributed by atoms with Crippen LogP contribution >= 0.6 is 11.8 Å². The van der Waals surface area contributed by atoms with Gasteiger partial charge in [-0.25, -0.2) is 4.79 Å². The van der Waals surface area contributed by atoms with E-state index in [4.69, 9.17) is 10.2 Å². The number of carbonyl (C=O) groups is 1. The van der Waals surface area contributed by atoms with Gasteiger partial charge in [0.15, 0.2) is 6.10 Å². The minimum Gasteiger partial charge on any atom is -0.479 e. The number of carboxylic acid groups (broad SMARTS) is 1. The molecule has 0 aliphatic rings. The van der Waals surface area contributed by atoms with Crippen molar-refractivity contribution in [1.82, 2.24) is 0 Å². The molecular formula is C5H10CaO3S. The second-order valence-electron chi connectivity index (χ2n) is 1.64. The first-order valence-electron chi connectivity index (χ1n) is 2.58. The second kappa shape index (κ2) is 8.14. The fraction of sp³-hybridized carbons (Fsp3) is 0.800. The third-order valence-corrected chi connectivity index (χ3v) is 1.52. The predicted molar refractivity (Wildman–Crippen MR) is 42.4 cm³/mol. The van der Waals surface area contributed by atoms with Gasteiger partial charge in [-0.15, -0.1) is 0 Å². The van der Waals surface area contributed by atoms with Gasteiger partial charge in [0.1, 0.15) is 0 Å². The van der Waals surface area contributed by atoms with E-state index in [0.29, 0.717) is 12.2 Å². The largest absolute Gasteiger partial charge is 0.479 e. The molecule has 0 saturated heterocycles. The number of hydrogen-bond acceptors (Lipinski definition) is 3. The van der Waals surface area contributed by atoms with Gasteiger partial charge >= 0.3 is 5.97 Å². The van der Waals surface area contributed by atoms with Crippen molar-refractivity contribution in [1.29, 1.82) is 0 Å². The summed E-state index contributed by atoms with van der Waals surface area (Å²) in [5.41, 5.74) is 0. The maximum absolute atomic E-state index is 9.95. The van der Waals surface area contributed by atoms with Gasteiger partial charge in [-0.2, -0.15) is 11.8 Å². The molecule has 0 aliphatic heterocycles. The number of carboxylic acids is 1. The summed E-state index contributed by atoms with van der Waals surface area (Å²) < 4.78 is 0. The van der Waals surface area contributed by atoms with E-state index in [0.717, 1.165) is 0 Å². The normalized spacial score (nSPS) is 11.8. The maximum Gasteiger partial charge on any atom is 0.332 e. The molecule has 10 heavy (non-hydrogen) atoms. The molecule has 0 spiro atoms. The summed E-state index contributed by atoms with van der Waals surface area (Å²) in [5, 5.41) is 16.8. The van der Waals surface area contributed by atoms with E-state index in [1.54, 1.807) is 0 Å². The molecule has 0 aromatic heterocycles. The minimum atomic E-state index is -1.18. The second-order valence-corrected chi connectivity index (χ2v) is 2.62. The van der Waals surface area contributed by atoms with Crippen LogP contribution in [0.5, 0.6) is 0 Å². The Labute approximate surface area is 94.2 Å². The molecule has 0 bridgehead atoms. The quantitative estimate of drug-likeness (QED) is 0.603. The molecule has 0 heterocycles. The van der Waals surface area contributed by atoms with Crippen LogP contribution in [-0.4, -0.2) is 72.0 Å². The van der Waals surface area contributed by atoms with Gasteiger partial charge in [0.25, 0.3) is 0 Å². The summed E-state index contributed by atoms with van der Waals surface area (Å²) in [4.78, 5) is 9.95. The molecule has 0 aromatic carbocycles. The topological polar surface area (TPSA) is 57.5 Å². The molecule has 56 valence electrons. The molecule has 1 atom stereocenters. The van der Waals surface area contributed by atoms with Crippen molar-refractivity contribution in [2.24, 2.45) is 0 Å². The van der Waals surface area contributed by atoms with Gasteiger partial charge in [-0.1, -0.05) is 0 Å². The number of rotatable bonds is 4. The Kier molecular flexibility index (Phi) is 11.1. The average molecular weight is 190 g/mol. The van der Waals surface area contributed by atoms with Crippen LogP contribution in [0.3, 0.4) is 0 Å². The van der Waals surface area contributed by atoms with Crippen LogP contribution in [-0.2, 0) is 4.79 Å². The van der Waals surface area contributed by atoms with Gasteiger partial charge in [-0.3, -0.25) is 0 Å². The van der Waals surface area contributed by atoms with E-state index in [1.165, 1.54) is 11.8 Å². The van der Waals surface area contributed by atoms with Crippen molar-refractivity contribution in [3.63, 3.8) is 0 Å². The van der Waals surface area contributed by atoms with Crippen molar-refractivity contribution < 1.29 is 15.0 Å². The smallest absolute Gasteiger partial charge is 0.332 e. The zero-order valence-electron chi connectivity index (χ0n) is 5.91.